The standard InChI is InChI=1S/C24H29N3O3S/c1-17-5-4-6-20(15-17)30-16-21(28)27(10-9-26-11-13-29-14-12-26)24-25-22-18(2)7-8-19(3)23(22)31-24/h4-8,15H,9-14,16H2,1-3H3. The van der Waals surface area contributed by atoms with Gasteiger partial charge in [0.1, 0.15) is 5.75 Å². The number of fused-ring (bicyclic) bond motifs is 1. The van der Waals surface area contributed by atoms with E-state index in [0.717, 1.165) is 59.3 Å². The fourth-order valence-electron chi connectivity index (χ4n) is 3.68. The molecule has 1 aliphatic heterocycles. The van der Waals surface area contributed by atoms with Crippen LogP contribution in [0.15, 0.2) is 36.4 Å². The Bertz CT molecular complexity index is 1020. The van der Waals surface area contributed by atoms with Crippen molar-refractivity contribution in [3.05, 3.63) is 53.1 Å². The molecule has 31 heavy (non-hydrogen) atoms. The number of morpholine rings is 1. The Hall–Kier alpha value is -2.48. The van der Waals surface area contributed by atoms with E-state index in [2.05, 4.69) is 30.9 Å². The normalized spacial score (nSPS) is 14.7. The lowest BCUT2D eigenvalue weighted by atomic mass is 10.1. The molecule has 0 bridgehead atoms. The molecule has 1 amide bonds. The SMILES string of the molecule is Cc1cccc(OCC(=O)N(CCN2CCOCC2)c2nc3c(C)ccc(C)c3s2)c1. The highest BCUT2D eigenvalue weighted by molar-refractivity contribution is 7.22. The van der Waals surface area contributed by atoms with Crippen molar-refractivity contribution >= 4 is 32.6 Å². The van der Waals surface area contributed by atoms with Gasteiger partial charge in [-0.2, -0.15) is 0 Å². The number of nitrogens with zero attached hydrogens (tertiary/aromatic N) is 3. The number of aryl methyl sites for hydroxylation is 3. The van der Waals surface area contributed by atoms with Crippen LogP contribution in [0.25, 0.3) is 10.2 Å². The van der Waals surface area contributed by atoms with Crippen LogP contribution in [0.5, 0.6) is 5.75 Å². The Morgan fingerprint density at radius 2 is 1.94 bits per heavy atom. The zero-order valence-corrected chi connectivity index (χ0v) is 19.2. The average Bonchev–Trinajstić information content (AvgIpc) is 3.22. The van der Waals surface area contributed by atoms with E-state index in [9.17, 15) is 4.79 Å². The molecule has 0 radical (unpaired) electrons. The fourth-order valence-corrected chi connectivity index (χ4v) is 4.84. The largest absolute Gasteiger partial charge is 0.484 e. The minimum absolute atomic E-state index is 0.0134. The Morgan fingerprint density at radius 1 is 1.16 bits per heavy atom. The first-order valence-corrected chi connectivity index (χ1v) is 11.5. The van der Waals surface area contributed by atoms with Crippen LogP contribution in [0.1, 0.15) is 16.7 Å². The Labute approximate surface area is 187 Å². The number of thiazole rings is 1. The molecule has 2 heterocycles. The van der Waals surface area contributed by atoms with Crippen molar-refractivity contribution < 1.29 is 14.3 Å². The van der Waals surface area contributed by atoms with E-state index >= 15 is 0 Å². The molecular formula is C24H29N3O3S. The molecule has 7 heteroatoms. The third-order valence-electron chi connectivity index (χ3n) is 5.56. The van der Waals surface area contributed by atoms with Gasteiger partial charge in [-0.1, -0.05) is 35.6 Å². The molecule has 0 N–H and O–H groups in total. The van der Waals surface area contributed by atoms with Crippen LogP contribution in [-0.2, 0) is 9.53 Å². The summed E-state index contributed by atoms with van der Waals surface area (Å²) >= 11 is 1.58. The van der Waals surface area contributed by atoms with Gasteiger partial charge in [0.2, 0.25) is 0 Å². The highest BCUT2D eigenvalue weighted by atomic mass is 32.1. The van der Waals surface area contributed by atoms with E-state index in [0.29, 0.717) is 12.3 Å². The lowest BCUT2D eigenvalue weighted by molar-refractivity contribution is -0.120. The third kappa shape index (κ3) is 5.23. The van der Waals surface area contributed by atoms with Crippen LogP contribution in [0.2, 0.25) is 0 Å². The highest BCUT2D eigenvalue weighted by Crippen LogP contribution is 2.33. The lowest BCUT2D eigenvalue weighted by Crippen LogP contribution is -2.44. The summed E-state index contributed by atoms with van der Waals surface area (Å²) in [6.45, 7) is 10.8. The van der Waals surface area contributed by atoms with Crippen molar-refractivity contribution in [1.82, 2.24) is 9.88 Å². The number of aromatic nitrogens is 1. The summed E-state index contributed by atoms with van der Waals surface area (Å²) < 4.78 is 12.4. The minimum atomic E-state index is -0.0795. The van der Waals surface area contributed by atoms with Crippen molar-refractivity contribution in [2.24, 2.45) is 0 Å². The van der Waals surface area contributed by atoms with Gasteiger partial charge in [0.25, 0.3) is 5.91 Å². The fraction of sp³-hybridized carbons (Fsp3) is 0.417. The predicted octanol–water partition coefficient (Wildman–Crippen LogP) is 3.97. The summed E-state index contributed by atoms with van der Waals surface area (Å²) in [6, 6.07) is 12.0. The molecule has 164 valence electrons. The molecule has 2 aromatic carbocycles. The van der Waals surface area contributed by atoms with E-state index in [4.69, 9.17) is 14.5 Å². The molecule has 4 rings (SSSR count). The van der Waals surface area contributed by atoms with Gasteiger partial charge in [-0.3, -0.25) is 14.6 Å². The quantitative estimate of drug-likeness (QED) is 0.558. The van der Waals surface area contributed by atoms with Gasteiger partial charge in [-0.15, -0.1) is 0 Å². The van der Waals surface area contributed by atoms with Crippen LogP contribution < -0.4 is 9.64 Å². The maximum atomic E-state index is 13.2. The van der Waals surface area contributed by atoms with Gasteiger partial charge < -0.3 is 9.47 Å². The summed E-state index contributed by atoms with van der Waals surface area (Å²) in [5.74, 6) is 0.626. The van der Waals surface area contributed by atoms with E-state index in [1.165, 1.54) is 5.56 Å². The van der Waals surface area contributed by atoms with Gasteiger partial charge in [0, 0.05) is 26.2 Å². The number of carbonyl (C=O) groups excluding carboxylic acids is 1. The van der Waals surface area contributed by atoms with Crippen LogP contribution in [-0.4, -0.2) is 61.8 Å². The van der Waals surface area contributed by atoms with E-state index < -0.39 is 0 Å². The number of anilines is 1. The molecule has 1 saturated heterocycles. The third-order valence-corrected chi connectivity index (χ3v) is 6.77. The molecule has 3 aromatic rings. The first-order chi connectivity index (χ1) is 15.0. The molecule has 0 atom stereocenters. The van der Waals surface area contributed by atoms with Gasteiger partial charge in [-0.25, -0.2) is 4.98 Å². The van der Waals surface area contributed by atoms with Crippen molar-refractivity contribution in [3.63, 3.8) is 0 Å². The first kappa shape index (κ1) is 21.7. The molecular weight excluding hydrogens is 410 g/mol. The Morgan fingerprint density at radius 3 is 2.68 bits per heavy atom. The first-order valence-electron chi connectivity index (χ1n) is 10.7. The summed E-state index contributed by atoms with van der Waals surface area (Å²) in [5, 5.41) is 0.735. The molecule has 0 saturated carbocycles. The van der Waals surface area contributed by atoms with Crippen LogP contribution >= 0.6 is 11.3 Å². The number of amides is 1. The predicted molar refractivity (Wildman–Crippen MR) is 125 cm³/mol. The summed E-state index contributed by atoms with van der Waals surface area (Å²) in [6.07, 6.45) is 0. The molecule has 0 unspecified atom stereocenters. The zero-order chi connectivity index (χ0) is 21.8. The number of ether oxygens (including phenoxy) is 2. The Balaban J connectivity index is 1.55. The van der Waals surface area contributed by atoms with Crippen molar-refractivity contribution in [3.8, 4) is 5.75 Å². The van der Waals surface area contributed by atoms with Crippen molar-refractivity contribution in [2.45, 2.75) is 20.8 Å². The topological polar surface area (TPSA) is 54.9 Å². The Kier molecular flexibility index (Phi) is 6.85. The number of carbonyl (C=O) groups is 1. The second kappa shape index (κ2) is 9.77. The maximum Gasteiger partial charge on any atom is 0.266 e. The minimum Gasteiger partial charge on any atom is -0.484 e. The molecule has 1 aromatic heterocycles. The smallest absolute Gasteiger partial charge is 0.266 e. The monoisotopic (exact) mass is 439 g/mol. The molecule has 6 nitrogen and oxygen atoms in total. The van der Waals surface area contributed by atoms with Gasteiger partial charge in [0.15, 0.2) is 11.7 Å². The van der Waals surface area contributed by atoms with E-state index in [1.54, 1.807) is 16.2 Å². The summed E-state index contributed by atoms with van der Waals surface area (Å²) in [4.78, 5) is 22.2. The van der Waals surface area contributed by atoms with Crippen molar-refractivity contribution in [2.75, 3.05) is 50.9 Å². The lowest BCUT2D eigenvalue weighted by Gasteiger charge is -2.29. The van der Waals surface area contributed by atoms with Gasteiger partial charge >= 0.3 is 0 Å². The second-order valence-corrected chi connectivity index (χ2v) is 8.96. The van der Waals surface area contributed by atoms with E-state index in [1.807, 2.05) is 31.2 Å². The summed E-state index contributed by atoms with van der Waals surface area (Å²) in [5.41, 5.74) is 4.38. The number of benzene rings is 2. The van der Waals surface area contributed by atoms with Gasteiger partial charge in [-0.05, 0) is 49.6 Å². The van der Waals surface area contributed by atoms with Crippen molar-refractivity contribution in [1.29, 1.82) is 0 Å². The van der Waals surface area contributed by atoms with Crippen LogP contribution in [0.3, 0.4) is 0 Å². The highest BCUT2D eigenvalue weighted by Gasteiger charge is 2.23. The van der Waals surface area contributed by atoms with Crippen LogP contribution in [0.4, 0.5) is 5.13 Å². The van der Waals surface area contributed by atoms with Gasteiger partial charge in [0.05, 0.1) is 23.4 Å². The number of hydrogen-bond acceptors (Lipinski definition) is 6. The van der Waals surface area contributed by atoms with E-state index in [-0.39, 0.29) is 12.5 Å². The molecule has 1 aliphatic rings. The molecule has 1 fully saturated rings. The maximum absolute atomic E-state index is 13.2. The average molecular weight is 440 g/mol. The second-order valence-electron chi connectivity index (χ2n) is 7.98. The van der Waals surface area contributed by atoms with Crippen LogP contribution in [0, 0.1) is 20.8 Å². The number of hydrogen-bond donors (Lipinski definition) is 0. The summed E-state index contributed by atoms with van der Waals surface area (Å²) in [7, 11) is 0. The molecule has 0 spiro atoms. The zero-order valence-electron chi connectivity index (χ0n) is 18.4. The molecule has 0 aliphatic carbocycles. The number of rotatable bonds is 7.